The summed E-state index contributed by atoms with van der Waals surface area (Å²) in [6.45, 7) is 8.36. The van der Waals surface area contributed by atoms with E-state index >= 15 is 0 Å². The Hall–Kier alpha value is -13.0. The Morgan fingerprint density at radius 3 is 0.926 bits per heavy atom. The SMILES string of the molecule is CC1(C)OC(c2cccc(-c3cccc(-c4cc(-c5ccccc5)cc(-c5ccccc5)c4)c3)c2)OC1(C)C.Clc1nc(-c2ccccc2)c2oc3ccccc3c2n1.c1ccc(-c2cc(-c3ccccc3)cc(-c3cccc(-c4cccc(-c5nc(-c6ccccc6)c6oc7ccccc7c6n5)c4)c3)c2)cc1. The Kier molecular flexibility index (Phi) is 18.6. The van der Waals surface area contributed by atoms with Gasteiger partial charge in [-0.05, 0) is 213 Å². The fraction of sp³-hybridized carbons (Fsp3) is 0.0707. The first-order valence-corrected chi connectivity index (χ1v) is 36.7. The van der Waals surface area contributed by atoms with Crippen LogP contribution in [0.25, 0.3) is 167 Å². The molecule has 1 aliphatic heterocycles. The van der Waals surface area contributed by atoms with E-state index in [1.807, 2.05) is 91.0 Å². The molecule has 0 atom stereocenters. The zero-order valence-corrected chi connectivity index (χ0v) is 60.8. The Labute approximate surface area is 632 Å². The van der Waals surface area contributed by atoms with E-state index < -0.39 is 0 Å². The number of fused-ring (bicyclic) bond motifs is 6. The van der Waals surface area contributed by atoms with Gasteiger partial charge >= 0.3 is 0 Å². The molecule has 0 radical (unpaired) electrons. The molecule has 8 nitrogen and oxygen atoms in total. The van der Waals surface area contributed by atoms with E-state index in [2.05, 4.69) is 311 Å². The van der Waals surface area contributed by atoms with Gasteiger partial charge in [0.25, 0.3) is 0 Å². The van der Waals surface area contributed by atoms with Gasteiger partial charge in [0, 0.05) is 33.0 Å². The Bertz CT molecular complexity index is 6130. The topological polar surface area (TPSA) is 96.3 Å². The maximum Gasteiger partial charge on any atom is 0.223 e. The molecular weight excluding hydrogens is 1340 g/mol. The standard InChI is InChI=1S/C46H30N2O.C37H34O2.C16H9ClN2O/c1-4-14-31(15-5-1)38-28-39(32-16-6-2-7-17-32)30-40(29-38)36-22-12-20-34(26-36)35-21-13-23-37(27-35)46-47-43(33-18-8-3-9-19-33)45-44(48-46)41-24-10-11-25-42(41)49-45;1-36(2)37(3,4)39-35(38-36)31-20-12-18-29(22-31)28-17-11-19-30(21-28)34-24-32(26-13-7-5-8-14-26)23-33(25-34)27-15-9-6-10-16-27;17-16-18-13(10-6-2-1-3-7-10)15-14(19-16)11-8-4-5-9-12(11)20-15/h1-30H;5-25,35H,1-4H3;1-9H. The van der Waals surface area contributed by atoms with Crippen LogP contribution in [0.2, 0.25) is 5.28 Å². The molecule has 0 bridgehead atoms. The molecule has 0 amide bonds. The number of ether oxygens (including phenoxy) is 2. The van der Waals surface area contributed by atoms with E-state index in [1.165, 1.54) is 61.2 Å². The Balaban J connectivity index is 0.000000128. The van der Waals surface area contributed by atoms with Crippen molar-refractivity contribution in [3.05, 3.63) is 375 Å². The van der Waals surface area contributed by atoms with E-state index in [1.54, 1.807) is 0 Å². The summed E-state index contributed by atoms with van der Waals surface area (Å²) >= 11 is 6.07. The summed E-state index contributed by atoms with van der Waals surface area (Å²) in [5.41, 5.74) is 28.1. The van der Waals surface area contributed by atoms with E-state index in [0.717, 1.165) is 94.4 Å². The highest BCUT2D eigenvalue weighted by molar-refractivity contribution is 6.29. The summed E-state index contributed by atoms with van der Waals surface area (Å²) in [7, 11) is 0. The van der Waals surface area contributed by atoms with Gasteiger partial charge in [-0.3, -0.25) is 0 Å². The van der Waals surface area contributed by atoms with Crippen LogP contribution in [0.3, 0.4) is 0 Å². The first-order chi connectivity index (χ1) is 52.9. The number of nitrogens with zero attached hydrogens (tertiary/aromatic N) is 4. The second kappa shape index (κ2) is 29.5. The molecule has 5 heterocycles. The normalized spacial score (nSPS) is 13.1. The van der Waals surface area contributed by atoms with Gasteiger partial charge in [0.15, 0.2) is 23.3 Å². The third kappa shape index (κ3) is 14.1. The minimum atomic E-state index is -0.380. The smallest absolute Gasteiger partial charge is 0.223 e. The summed E-state index contributed by atoms with van der Waals surface area (Å²) in [5.74, 6) is 0.666. The minimum absolute atomic E-state index is 0.225. The quantitative estimate of drug-likeness (QED) is 0.112. The molecule has 19 rings (SSSR count). The van der Waals surface area contributed by atoms with Crippen LogP contribution in [0.1, 0.15) is 39.5 Å². The number of hydrogen-bond donors (Lipinski definition) is 0. The lowest BCUT2D eigenvalue weighted by Crippen LogP contribution is -2.41. The largest absolute Gasteiger partial charge is 0.452 e. The van der Waals surface area contributed by atoms with Gasteiger partial charge in [0.2, 0.25) is 5.28 Å². The van der Waals surface area contributed by atoms with Crippen molar-refractivity contribution in [1.82, 2.24) is 19.9 Å². The molecular formula is C99H73ClN4O4. The molecule has 9 heteroatoms. The van der Waals surface area contributed by atoms with Crippen LogP contribution >= 0.6 is 11.6 Å². The molecule has 4 aromatic heterocycles. The van der Waals surface area contributed by atoms with Crippen LogP contribution in [0, 0.1) is 0 Å². The number of halogens is 1. The third-order valence-electron chi connectivity index (χ3n) is 20.4. The van der Waals surface area contributed by atoms with Crippen molar-refractivity contribution in [2.24, 2.45) is 0 Å². The van der Waals surface area contributed by atoms with Crippen molar-refractivity contribution in [3.8, 4) is 123 Å². The van der Waals surface area contributed by atoms with Crippen LogP contribution < -0.4 is 0 Å². The summed E-state index contributed by atoms with van der Waals surface area (Å²) in [6, 6.07) is 127. The average Bonchev–Trinajstić information content (AvgIpc) is 1.62. The van der Waals surface area contributed by atoms with Crippen LogP contribution in [0.5, 0.6) is 0 Å². The molecule has 18 aromatic rings. The first kappa shape index (κ1) is 68.2. The van der Waals surface area contributed by atoms with Gasteiger partial charge in [-0.25, -0.2) is 19.9 Å². The second-order valence-electron chi connectivity index (χ2n) is 28.0. The summed E-state index contributed by atoms with van der Waals surface area (Å²) in [5, 5.41) is 2.15. The van der Waals surface area contributed by atoms with Gasteiger partial charge in [-0.2, -0.15) is 0 Å². The van der Waals surface area contributed by atoms with Crippen LogP contribution in [0.4, 0.5) is 0 Å². The zero-order chi connectivity index (χ0) is 73.1. The molecule has 1 aliphatic rings. The number of aromatic nitrogens is 4. The second-order valence-corrected chi connectivity index (χ2v) is 28.4. The maximum atomic E-state index is 6.33. The zero-order valence-electron chi connectivity index (χ0n) is 60.0. The lowest BCUT2D eigenvalue weighted by Gasteiger charge is -2.30. The van der Waals surface area contributed by atoms with Crippen molar-refractivity contribution in [1.29, 1.82) is 0 Å². The number of benzene rings is 14. The minimum Gasteiger partial charge on any atom is -0.452 e. The Morgan fingerprint density at radius 2 is 0.528 bits per heavy atom. The molecule has 0 aliphatic carbocycles. The van der Waals surface area contributed by atoms with Gasteiger partial charge in [-0.15, -0.1) is 0 Å². The molecule has 520 valence electrons. The summed E-state index contributed by atoms with van der Waals surface area (Å²) in [6.07, 6.45) is -0.380. The lowest BCUT2D eigenvalue weighted by molar-refractivity contribution is -0.0895. The van der Waals surface area contributed by atoms with Gasteiger partial charge in [0.1, 0.15) is 33.6 Å². The van der Waals surface area contributed by atoms with Crippen molar-refractivity contribution in [3.63, 3.8) is 0 Å². The number of rotatable bonds is 12. The molecule has 0 N–H and O–H groups in total. The monoisotopic (exact) mass is 1420 g/mol. The van der Waals surface area contributed by atoms with Crippen molar-refractivity contribution >= 4 is 55.7 Å². The molecule has 0 unspecified atom stereocenters. The highest BCUT2D eigenvalue weighted by Crippen LogP contribution is 2.46. The van der Waals surface area contributed by atoms with Crippen LogP contribution in [0.15, 0.2) is 373 Å². The number of furan rings is 2. The Morgan fingerprint density at radius 1 is 0.250 bits per heavy atom. The van der Waals surface area contributed by atoms with Crippen molar-refractivity contribution < 1.29 is 18.3 Å². The molecule has 0 spiro atoms. The van der Waals surface area contributed by atoms with Crippen LogP contribution in [-0.2, 0) is 9.47 Å². The number of para-hydroxylation sites is 2. The molecule has 1 saturated heterocycles. The lowest BCUT2D eigenvalue weighted by atomic mass is 9.90. The van der Waals surface area contributed by atoms with E-state index in [4.69, 9.17) is 39.9 Å². The van der Waals surface area contributed by atoms with E-state index in [9.17, 15) is 0 Å². The number of hydrogen-bond acceptors (Lipinski definition) is 8. The molecule has 1 fully saturated rings. The van der Waals surface area contributed by atoms with Crippen molar-refractivity contribution in [2.75, 3.05) is 0 Å². The summed E-state index contributed by atoms with van der Waals surface area (Å²) < 4.78 is 24.9. The first-order valence-electron chi connectivity index (χ1n) is 36.3. The van der Waals surface area contributed by atoms with E-state index in [-0.39, 0.29) is 22.8 Å². The highest BCUT2D eigenvalue weighted by atomic mass is 35.5. The fourth-order valence-corrected chi connectivity index (χ4v) is 14.3. The van der Waals surface area contributed by atoms with E-state index in [0.29, 0.717) is 17.0 Å². The van der Waals surface area contributed by atoms with Crippen molar-refractivity contribution in [2.45, 2.75) is 45.2 Å². The third-order valence-corrected chi connectivity index (χ3v) is 20.6. The van der Waals surface area contributed by atoms with Gasteiger partial charge in [-0.1, -0.05) is 279 Å². The molecule has 108 heavy (non-hydrogen) atoms. The fourth-order valence-electron chi connectivity index (χ4n) is 14.1. The highest BCUT2D eigenvalue weighted by Gasteiger charge is 2.49. The van der Waals surface area contributed by atoms with Crippen LogP contribution in [-0.4, -0.2) is 31.1 Å². The maximum absolute atomic E-state index is 6.33. The molecule has 0 saturated carbocycles. The van der Waals surface area contributed by atoms with Gasteiger partial charge < -0.3 is 18.3 Å². The molecule has 14 aromatic carbocycles. The van der Waals surface area contributed by atoms with Gasteiger partial charge in [0.05, 0.1) is 11.2 Å². The summed E-state index contributed by atoms with van der Waals surface area (Å²) in [4.78, 5) is 18.8. The predicted molar refractivity (Wildman–Crippen MR) is 443 cm³/mol. The predicted octanol–water partition coefficient (Wildman–Crippen LogP) is 27.0. The average molecular weight is 1420 g/mol.